The number of benzene rings is 1. The molecule has 0 amide bonds. The maximum absolute atomic E-state index is 12.5. The fourth-order valence-electron chi connectivity index (χ4n) is 4.52. The second-order valence-corrected chi connectivity index (χ2v) is 13.1. The molecule has 1 aliphatic rings. The molecule has 1 aliphatic carbocycles. The van der Waals surface area contributed by atoms with Gasteiger partial charge in [-0.2, -0.15) is 0 Å². The number of hydrogen-bond acceptors (Lipinski definition) is 8. The standard InChI is InChI=1S/C29H38N4O3S/c1-18-14-20(16-21(15-18)32-26-30-13-10-23(33-26)27(2,3)4)22-17-31-25(37-22)29(35)11-8-19(9-12-29)24(34)36-28(5,6)7/h10,13-17,19,35H,8-9,11-12H2,1-7H3,(H,30,32,33)/t19-,29-. The Morgan fingerprint density at radius 2 is 1.81 bits per heavy atom. The molecule has 0 radical (unpaired) electrons. The minimum absolute atomic E-state index is 0.0670. The van der Waals surface area contributed by atoms with E-state index in [1.165, 1.54) is 11.3 Å². The van der Waals surface area contributed by atoms with Crippen LogP contribution in [0.1, 0.15) is 83.5 Å². The molecule has 1 aromatic carbocycles. The molecular weight excluding hydrogens is 484 g/mol. The molecule has 8 heteroatoms. The smallest absolute Gasteiger partial charge is 0.309 e. The molecule has 4 rings (SSSR count). The van der Waals surface area contributed by atoms with Crippen molar-refractivity contribution in [3.05, 3.63) is 52.9 Å². The Labute approximate surface area is 223 Å². The van der Waals surface area contributed by atoms with Gasteiger partial charge in [0, 0.05) is 23.5 Å². The van der Waals surface area contributed by atoms with E-state index in [0.29, 0.717) is 36.6 Å². The highest BCUT2D eigenvalue weighted by Gasteiger charge is 2.40. The molecule has 198 valence electrons. The van der Waals surface area contributed by atoms with Gasteiger partial charge in [-0.3, -0.25) is 4.79 Å². The van der Waals surface area contributed by atoms with Gasteiger partial charge in [-0.15, -0.1) is 11.3 Å². The number of hydrogen-bond donors (Lipinski definition) is 2. The molecule has 7 nitrogen and oxygen atoms in total. The molecule has 0 spiro atoms. The Kier molecular flexibility index (Phi) is 7.45. The van der Waals surface area contributed by atoms with E-state index >= 15 is 0 Å². The van der Waals surface area contributed by atoms with Crippen molar-refractivity contribution in [2.75, 3.05) is 5.32 Å². The number of nitrogens with one attached hydrogen (secondary N) is 1. The van der Waals surface area contributed by atoms with Crippen LogP contribution in [0, 0.1) is 12.8 Å². The van der Waals surface area contributed by atoms with Crippen molar-refractivity contribution in [1.82, 2.24) is 15.0 Å². The number of ether oxygens (including phenoxy) is 1. The van der Waals surface area contributed by atoms with E-state index in [-0.39, 0.29) is 17.3 Å². The first-order valence-electron chi connectivity index (χ1n) is 12.9. The maximum Gasteiger partial charge on any atom is 0.309 e. The van der Waals surface area contributed by atoms with E-state index in [4.69, 9.17) is 4.74 Å². The lowest BCUT2D eigenvalue weighted by molar-refractivity contribution is -0.163. The Balaban J connectivity index is 1.49. The van der Waals surface area contributed by atoms with Crippen LogP contribution in [0.2, 0.25) is 0 Å². The number of aromatic nitrogens is 3. The Hall–Kier alpha value is -2.84. The van der Waals surface area contributed by atoms with Crippen LogP contribution in [0.4, 0.5) is 11.6 Å². The summed E-state index contributed by atoms with van der Waals surface area (Å²) in [6.07, 6.45) is 5.77. The first-order chi connectivity index (χ1) is 17.2. The number of nitrogens with zero attached hydrogens (tertiary/aromatic N) is 3. The lowest BCUT2D eigenvalue weighted by Gasteiger charge is -2.34. The average Bonchev–Trinajstić information content (AvgIpc) is 3.29. The molecule has 1 saturated carbocycles. The summed E-state index contributed by atoms with van der Waals surface area (Å²) in [5, 5.41) is 15.4. The Morgan fingerprint density at radius 3 is 2.46 bits per heavy atom. The fourth-order valence-corrected chi connectivity index (χ4v) is 5.56. The lowest BCUT2D eigenvalue weighted by Crippen LogP contribution is -2.36. The first-order valence-corrected chi connectivity index (χ1v) is 13.7. The number of anilines is 2. The zero-order chi connectivity index (χ0) is 27.0. The number of thiazole rings is 1. The van der Waals surface area contributed by atoms with E-state index in [2.05, 4.69) is 66.2 Å². The lowest BCUT2D eigenvalue weighted by atomic mass is 9.79. The van der Waals surface area contributed by atoms with Gasteiger partial charge in [0.1, 0.15) is 16.2 Å². The second kappa shape index (κ2) is 10.1. The van der Waals surface area contributed by atoms with Gasteiger partial charge in [0.2, 0.25) is 5.95 Å². The highest BCUT2D eigenvalue weighted by molar-refractivity contribution is 7.15. The zero-order valence-corrected chi connectivity index (χ0v) is 23.7. The van der Waals surface area contributed by atoms with Gasteiger partial charge in [0.15, 0.2) is 0 Å². The van der Waals surface area contributed by atoms with E-state index in [0.717, 1.165) is 27.4 Å². The van der Waals surface area contributed by atoms with Crippen LogP contribution in [0.15, 0.2) is 36.7 Å². The number of carbonyl (C=O) groups is 1. The number of rotatable bonds is 5. The fraction of sp³-hybridized carbons (Fsp3) is 0.517. The van der Waals surface area contributed by atoms with Crippen LogP contribution < -0.4 is 5.32 Å². The van der Waals surface area contributed by atoms with Gasteiger partial charge in [-0.05, 0) is 82.7 Å². The topological polar surface area (TPSA) is 97.2 Å². The van der Waals surface area contributed by atoms with Gasteiger partial charge in [0.05, 0.1) is 16.5 Å². The number of aliphatic hydroxyl groups is 1. The molecule has 2 N–H and O–H groups in total. The molecule has 1 fully saturated rings. The molecule has 3 aromatic rings. The van der Waals surface area contributed by atoms with Crippen molar-refractivity contribution < 1.29 is 14.6 Å². The van der Waals surface area contributed by atoms with Crippen LogP contribution in [-0.4, -0.2) is 31.6 Å². The van der Waals surface area contributed by atoms with Crippen LogP contribution >= 0.6 is 11.3 Å². The summed E-state index contributed by atoms with van der Waals surface area (Å²) < 4.78 is 5.55. The molecule has 0 saturated heterocycles. The molecule has 0 bridgehead atoms. The molecule has 0 aliphatic heterocycles. The number of carbonyl (C=O) groups excluding carboxylic acids is 1. The SMILES string of the molecule is Cc1cc(Nc2nccc(C(C)(C)C)n2)cc(-c2cnc([C@]3(O)CC[C@H](C(=O)OC(C)(C)C)CC3)s2)c1. The molecule has 0 atom stereocenters. The van der Waals surface area contributed by atoms with Crippen molar-refractivity contribution in [3.63, 3.8) is 0 Å². The third kappa shape index (κ3) is 6.73. The minimum atomic E-state index is -1.02. The van der Waals surface area contributed by atoms with Crippen molar-refractivity contribution in [3.8, 4) is 10.4 Å². The predicted octanol–water partition coefficient (Wildman–Crippen LogP) is 6.67. The first kappa shape index (κ1) is 27.2. The average molecular weight is 523 g/mol. The quantitative estimate of drug-likeness (QED) is 0.361. The highest BCUT2D eigenvalue weighted by Crippen LogP contribution is 2.43. The minimum Gasteiger partial charge on any atom is -0.460 e. The Morgan fingerprint density at radius 1 is 1.11 bits per heavy atom. The zero-order valence-electron chi connectivity index (χ0n) is 22.9. The third-order valence-corrected chi connectivity index (χ3v) is 7.74. The number of aryl methyl sites for hydroxylation is 1. The summed E-state index contributed by atoms with van der Waals surface area (Å²) in [5.74, 6) is 0.208. The summed E-state index contributed by atoms with van der Waals surface area (Å²) in [7, 11) is 0. The summed E-state index contributed by atoms with van der Waals surface area (Å²) >= 11 is 1.50. The molecule has 2 heterocycles. The van der Waals surface area contributed by atoms with Gasteiger partial charge >= 0.3 is 5.97 Å². The summed E-state index contributed by atoms with van der Waals surface area (Å²) in [4.78, 5) is 27.1. The largest absolute Gasteiger partial charge is 0.460 e. The number of esters is 1. The van der Waals surface area contributed by atoms with E-state index in [1.54, 1.807) is 6.20 Å². The van der Waals surface area contributed by atoms with Crippen molar-refractivity contribution >= 4 is 28.9 Å². The summed E-state index contributed by atoms with van der Waals surface area (Å²) in [6.45, 7) is 14.1. The second-order valence-electron chi connectivity index (χ2n) is 12.1. The van der Waals surface area contributed by atoms with Gasteiger partial charge in [0.25, 0.3) is 0 Å². The molecule has 2 aromatic heterocycles. The van der Waals surface area contributed by atoms with Crippen LogP contribution in [0.5, 0.6) is 0 Å². The summed E-state index contributed by atoms with van der Waals surface area (Å²) in [6, 6.07) is 8.17. The monoisotopic (exact) mass is 522 g/mol. The van der Waals surface area contributed by atoms with E-state index < -0.39 is 11.2 Å². The molecule has 0 unspecified atom stereocenters. The molecular formula is C29H38N4O3S. The van der Waals surface area contributed by atoms with E-state index in [9.17, 15) is 9.90 Å². The van der Waals surface area contributed by atoms with Crippen LogP contribution in [0.3, 0.4) is 0 Å². The third-order valence-electron chi connectivity index (χ3n) is 6.50. The van der Waals surface area contributed by atoms with Crippen molar-refractivity contribution in [2.24, 2.45) is 5.92 Å². The van der Waals surface area contributed by atoms with Gasteiger partial charge < -0.3 is 15.2 Å². The molecule has 37 heavy (non-hydrogen) atoms. The maximum atomic E-state index is 12.5. The van der Waals surface area contributed by atoms with Crippen molar-refractivity contribution in [2.45, 2.75) is 90.8 Å². The van der Waals surface area contributed by atoms with Crippen molar-refractivity contribution in [1.29, 1.82) is 0 Å². The summed E-state index contributed by atoms with van der Waals surface area (Å²) in [5.41, 5.74) is 2.39. The highest BCUT2D eigenvalue weighted by atomic mass is 32.1. The van der Waals surface area contributed by atoms with Crippen LogP contribution in [0.25, 0.3) is 10.4 Å². The van der Waals surface area contributed by atoms with E-state index in [1.807, 2.05) is 33.0 Å². The van der Waals surface area contributed by atoms with Gasteiger partial charge in [-0.1, -0.05) is 26.8 Å². The Bertz CT molecular complexity index is 1260. The van der Waals surface area contributed by atoms with Gasteiger partial charge in [-0.25, -0.2) is 15.0 Å². The predicted molar refractivity (Wildman–Crippen MR) is 148 cm³/mol. The van der Waals surface area contributed by atoms with Crippen LogP contribution in [-0.2, 0) is 20.5 Å². The normalized spacial score (nSPS) is 20.5.